The first-order chi connectivity index (χ1) is 9.93. The van der Waals surface area contributed by atoms with E-state index in [2.05, 4.69) is 34.5 Å². The summed E-state index contributed by atoms with van der Waals surface area (Å²) in [5, 5.41) is 3.67. The lowest BCUT2D eigenvalue weighted by atomic mass is 9.99. The minimum Gasteiger partial charge on any atom is -0.375 e. The number of benzene rings is 1. The lowest BCUT2D eigenvalue weighted by Crippen LogP contribution is -2.34. The van der Waals surface area contributed by atoms with Gasteiger partial charge >= 0.3 is 0 Å². The Labute approximate surface area is 122 Å². The molecule has 0 radical (unpaired) electrons. The molecule has 1 aromatic carbocycles. The van der Waals surface area contributed by atoms with E-state index in [0.717, 1.165) is 19.8 Å². The molecule has 3 rings (SSSR count). The fourth-order valence-electron chi connectivity index (χ4n) is 3.31. The molecule has 0 aliphatic carbocycles. The average molecular weight is 274 g/mol. The van der Waals surface area contributed by atoms with Crippen LogP contribution >= 0.6 is 0 Å². The third kappa shape index (κ3) is 3.60. The van der Waals surface area contributed by atoms with Crippen molar-refractivity contribution in [3.05, 3.63) is 35.4 Å². The molecule has 1 aromatic rings. The normalized spacial score (nSPS) is 23.5. The van der Waals surface area contributed by atoms with Crippen molar-refractivity contribution >= 4 is 0 Å². The maximum atomic E-state index is 5.68. The number of nitrogens with zero attached hydrogens (tertiary/aromatic N) is 1. The molecule has 0 bridgehead atoms. The zero-order chi connectivity index (χ0) is 13.6. The van der Waals surface area contributed by atoms with E-state index in [1.54, 1.807) is 0 Å². The Kier molecular flexibility index (Phi) is 5.06. The molecule has 1 N–H and O–H groups in total. The standard InChI is InChI=1S/C17H26N2O/c1-4-10-19(11-5-1)12-6-9-18-17-14-20-13-15-7-2-3-8-16(15)17/h2-3,7-8,17-18H,1,4-6,9-14H2. The van der Waals surface area contributed by atoms with Crippen molar-refractivity contribution in [2.75, 3.05) is 32.8 Å². The summed E-state index contributed by atoms with van der Waals surface area (Å²) in [4.78, 5) is 2.61. The molecule has 1 saturated heterocycles. The number of ether oxygens (including phenoxy) is 1. The first-order valence-electron chi connectivity index (χ1n) is 8.05. The number of hydrogen-bond donors (Lipinski definition) is 1. The van der Waals surface area contributed by atoms with Crippen LogP contribution in [0.3, 0.4) is 0 Å². The van der Waals surface area contributed by atoms with Crippen molar-refractivity contribution in [3.8, 4) is 0 Å². The molecule has 3 heteroatoms. The number of fused-ring (bicyclic) bond motifs is 1. The molecule has 0 amide bonds. The predicted octanol–water partition coefficient (Wildman–Crippen LogP) is 2.72. The van der Waals surface area contributed by atoms with E-state index in [9.17, 15) is 0 Å². The molecule has 3 nitrogen and oxygen atoms in total. The second-order valence-corrected chi connectivity index (χ2v) is 5.98. The van der Waals surface area contributed by atoms with Gasteiger partial charge in [0.2, 0.25) is 0 Å². The largest absolute Gasteiger partial charge is 0.375 e. The van der Waals surface area contributed by atoms with Gasteiger partial charge in [-0.05, 0) is 56.6 Å². The predicted molar refractivity (Wildman–Crippen MR) is 81.7 cm³/mol. The van der Waals surface area contributed by atoms with E-state index in [0.29, 0.717) is 6.04 Å². The van der Waals surface area contributed by atoms with Crippen LogP contribution < -0.4 is 5.32 Å². The Hall–Kier alpha value is -0.900. The molecule has 0 aromatic heterocycles. The highest BCUT2D eigenvalue weighted by molar-refractivity contribution is 5.30. The first kappa shape index (κ1) is 14.1. The van der Waals surface area contributed by atoms with E-state index in [4.69, 9.17) is 4.74 Å². The second-order valence-electron chi connectivity index (χ2n) is 5.98. The topological polar surface area (TPSA) is 24.5 Å². The second kappa shape index (κ2) is 7.21. The summed E-state index contributed by atoms with van der Waals surface area (Å²) in [5.74, 6) is 0. The Bertz CT molecular complexity index is 415. The van der Waals surface area contributed by atoms with Crippen LogP contribution in [0.25, 0.3) is 0 Å². The van der Waals surface area contributed by atoms with E-state index in [1.165, 1.54) is 56.4 Å². The average Bonchev–Trinajstić information content (AvgIpc) is 2.53. The Morgan fingerprint density at radius 2 is 2.00 bits per heavy atom. The van der Waals surface area contributed by atoms with E-state index >= 15 is 0 Å². The zero-order valence-electron chi connectivity index (χ0n) is 12.3. The van der Waals surface area contributed by atoms with Crippen LogP contribution in [0.4, 0.5) is 0 Å². The first-order valence-corrected chi connectivity index (χ1v) is 8.05. The lowest BCUT2D eigenvalue weighted by Gasteiger charge is -2.28. The van der Waals surface area contributed by atoms with Crippen LogP contribution in [0.5, 0.6) is 0 Å². The summed E-state index contributed by atoms with van der Waals surface area (Å²) in [5.41, 5.74) is 2.77. The summed E-state index contributed by atoms with van der Waals surface area (Å²) >= 11 is 0. The van der Waals surface area contributed by atoms with Gasteiger partial charge in [0.1, 0.15) is 0 Å². The number of hydrogen-bond acceptors (Lipinski definition) is 3. The molecular weight excluding hydrogens is 248 g/mol. The molecule has 2 aliphatic rings. The van der Waals surface area contributed by atoms with Gasteiger partial charge in [-0.1, -0.05) is 30.7 Å². The number of piperidine rings is 1. The van der Waals surface area contributed by atoms with Gasteiger partial charge in [-0.15, -0.1) is 0 Å². The van der Waals surface area contributed by atoms with E-state index < -0.39 is 0 Å². The van der Waals surface area contributed by atoms with Crippen molar-refractivity contribution in [2.45, 2.75) is 38.3 Å². The fourth-order valence-corrected chi connectivity index (χ4v) is 3.31. The Morgan fingerprint density at radius 3 is 2.90 bits per heavy atom. The third-order valence-electron chi connectivity index (χ3n) is 4.46. The van der Waals surface area contributed by atoms with E-state index in [1.807, 2.05) is 0 Å². The van der Waals surface area contributed by atoms with Crippen molar-refractivity contribution in [1.29, 1.82) is 0 Å². The number of nitrogens with one attached hydrogen (secondary N) is 1. The molecule has 1 unspecified atom stereocenters. The van der Waals surface area contributed by atoms with Gasteiger partial charge in [0.05, 0.1) is 19.3 Å². The molecule has 0 saturated carbocycles. The van der Waals surface area contributed by atoms with Gasteiger partial charge in [0.25, 0.3) is 0 Å². The number of likely N-dealkylation sites (tertiary alicyclic amines) is 1. The molecule has 2 heterocycles. The summed E-state index contributed by atoms with van der Waals surface area (Å²) in [6.07, 6.45) is 5.43. The van der Waals surface area contributed by atoms with Crippen molar-refractivity contribution in [3.63, 3.8) is 0 Å². The lowest BCUT2D eigenvalue weighted by molar-refractivity contribution is 0.0817. The molecule has 2 aliphatic heterocycles. The van der Waals surface area contributed by atoms with Gasteiger partial charge in [-0.2, -0.15) is 0 Å². The minimum absolute atomic E-state index is 0.376. The molecule has 110 valence electrons. The van der Waals surface area contributed by atoms with Gasteiger partial charge in [-0.3, -0.25) is 0 Å². The monoisotopic (exact) mass is 274 g/mol. The SMILES string of the molecule is c1ccc2c(c1)COCC2NCCCN1CCCCC1. The minimum atomic E-state index is 0.376. The molecule has 20 heavy (non-hydrogen) atoms. The van der Waals surface area contributed by atoms with Crippen LogP contribution in [-0.2, 0) is 11.3 Å². The van der Waals surface area contributed by atoms with Gasteiger partial charge < -0.3 is 15.0 Å². The molecular formula is C17H26N2O. The maximum Gasteiger partial charge on any atom is 0.0721 e. The highest BCUT2D eigenvalue weighted by Gasteiger charge is 2.19. The third-order valence-corrected chi connectivity index (χ3v) is 4.46. The quantitative estimate of drug-likeness (QED) is 0.836. The van der Waals surface area contributed by atoms with Crippen LogP contribution in [-0.4, -0.2) is 37.7 Å². The highest BCUT2D eigenvalue weighted by atomic mass is 16.5. The summed E-state index contributed by atoms with van der Waals surface area (Å²) in [6.45, 7) is 6.49. The molecule has 1 fully saturated rings. The van der Waals surface area contributed by atoms with Crippen LogP contribution in [0.1, 0.15) is 42.9 Å². The Balaban J connectivity index is 1.43. The van der Waals surface area contributed by atoms with Crippen LogP contribution in [0.2, 0.25) is 0 Å². The summed E-state index contributed by atoms with van der Waals surface area (Å²) in [7, 11) is 0. The van der Waals surface area contributed by atoms with Crippen molar-refractivity contribution in [1.82, 2.24) is 10.2 Å². The number of rotatable bonds is 5. The van der Waals surface area contributed by atoms with Gasteiger partial charge in [0, 0.05) is 0 Å². The Morgan fingerprint density at radius 1 is 1.15 bits per heavy atom. The van der Waals surface area contributed by atoms with Gasteiger partial charge in [0.15, 0.2) is 0 Å². The smallest absolute Gasteiger partial charge is 0.0721 e. The summed E-state index contributed by atoms with van der Waals surface area (Å²) < 4.78 is 5.68. The van der Waals surface area contributed by atoms with Crippen molar-refractivity contribution < 1.29 is 4.74 Å². The van der Waals surface area contributed by atoms with Gasteiger partial charge in [-0.25, -0.2) is 0 Å². The fraction of sp³-hybridized carbons (Fsp3) is 0.647. The van der Waals surface area contributed by atoms with Crippen LogP contribution in [0.15, 0.2) is 24.3 Å². The summed E-state index contributed by atoms with van der Waals surface area (Å²) in [6, 6.07) is 9.02. The zero-order valence-corrected chi connectivity index (χ0v) is 12.3. The molecule has 0 spiro atoms. The molecule has 1 atom stereocenters. The van der Waals surface area contributed by atoms with Crippen molar-refractivity contribution in [2.24, 2.45) is 0 Å². The van der Waals surface area contributed by atoms with E-state index in [-0.39, 0.29) is 0 Å². The van der Waals surface area contributed by atoms with Crippen LogP contribution in [0, 0.1) is 0 Å². The maximum absolute atomic E-state index is 5.68. The highest BCUT2D eigenvalue weighted by Crippen LogP contribution is 2.24.